The molecule has 24 heavy (non-hydrogen) atoms. The van der Waals surface area contributed by atoms with Gasteiger partial charge in [-0.25, -0.2) is 9.78 Å². The molecule has 0 spiro atoms. The van der Waals surface area contributed by atoms with Gasteiger partial charge in [0.05, 0.1) is 9.92 Å². The maximum absolute atomic E-state index is 12.2. The van der Waals surface area contributed by atoms with Gasteiger partial charge in [0.25, 0.3) is 3.90 Å². The monoisotopic (exact) mass is 480 g/mol. The number of benzene rings is 1. The summed E-state index contributed by atoms with van der Waals surface area (Å²) in [7, 11) is 0. The Balaban J connectivity index is 1.72. The third kappa shape index (κ3) is 4.11. The summed E-state index contributed by atoms with van der Waals surface area (Å²) in [5.74, 6) is 0. The van der Waals surface area contributed by atoms with E-state index in [4.69, 9.17) is 20.8 Å². The molecule has 1 atom stereocenters. The average molecular weight is 481 g/mol. The lowest BCUT2D eigenvalue weighted by Gasteiger charge is -2.24. The first kappa shape index (κ1) is 18.1. The minimum absolute atomic E-state index is 0.253. The number of thioether (sulfide) groups is 1. The van der Waals surface area contributed by atoms with E-state index in [9.17, 15) is 4.79 Å². The number of nitrogens with zero attached hydrogens (tertiary/aromatic N) is 2. The molecule has 0 radical (unpaired) electrons. The van der Waals surface area contributed by atoms with Gasteiger partial charge >= 0.3 is 6.09 Å². The van der Waals surface area contributed by atoms with Gasteiger partial charge in [-0.05, 0) is 39.3 Å². The maximum Gasteiger partial charge on any atom is 0.410 e. The molecule has 1 aromatic carbocycles. The summed E-state index contributed by atoms with van der Waals surface area (Å²) in [6.07, 6.45) is 0.631. The molecular formula is C16H18ClIN2O3S. The first-order valence-corrected chi connectivity index (χ1v) is 9.96. The number of carbonyl (C=O) groups excluding carboxylic acids is 1. The van der Waals surface area contributed by atoms with Crippen LogP contribution in [-0.4, -0.2) is 39.9 Å². The maximum atomic E-state index is 12.2. The van der Waals surface area contributed by atoms with Crippen molar-refractivity contribution in [3.63, 3.8) is 0 Å². The number of rotatable bonds is 2. The highest BCUT2D eigenvalue weighted by atomic mass is 127. The van der Waals surface area contributed by atoms with Gasteiger partial charge in [-0.1, -0.05) is 11.6 Å². The third-order valence-electron chi connectivity index (χ3n) is 3.52. The predicted octanol–water partition coefficient (Wildman–Crippen LogP) is 5.19. The van der Waals surface area contributed by atoms with Crippen molar-refractivity contribution in [2.24, 2.45) is 0 Å². The fourth-order valence-corrected chi connectivity index (χ4v) is 4.52. The van der Waals surface area contributed by atoms with Crippen molar-refractivity contribution in [3.8, 4) is 0 Å². The molecule has 3 rings (SSSR count). The number of hydrogen-bond acceptors (Lipinski definition) is 5. The predicted molar refractivity (Wildman–Crippen MR) is 104 cm³/mol. The zero-order valence-electron chi connectivity index (χ0n) is 13.6. The van der Waals surface area contributed by atoms with Gasteiger partial charge < -0.3 is 14.1 Å². The fraction of sp³-hybridized carbons (Fsp3) is 0.500. The minimum atomic E-state index is -0.478. The van der Waals surface area contributed by atoms with Crippen molar-refractivity contribution >= 4 is 63.1 Å². The van der Waals surface area contributed by atoms with Crippen molar-refractivity contribution < 1.29 is 13.9 Å². The lowest BCUT2D eigenvalue weighted by atomic mass is 10.2. The van der Waals surface area contributed by atoms with Crippen LogP contribution in [0.2, 0.25) is 5.02 Å². The molecule has 0 unspecified atom stereocenters. The number of halogens is 2. The first-order chi connectivity index (χ1) is 11.2. The second-order valence-electron chi connectivity index (χ2n) is 6.65. The Morgan fingerprint density at radius 2 is 2.25 bits per heavy atom. The Bertz CT molecular complexity index is 775. The average Bonchev–Trinajstić information content (AvgIpc) is 3.06. The summed E-state index contributed by atoms with van der Waals surface area (Å²) in [6.45, 7) is 6.95. The van der Waals surface area contributed by atoms with Crippen LogP contribution in [0.1, 0.15) is 27.2 Å². The lowest BCUT2D eigenvalue weighted by Crippen LogP contribution is -2.35. The van der Waals surface area contributed by atoms with Crippen LogP contribution in [-0.2, 0) is 4.74 Å². The van der Waals surface area contributed by atoms with Crippen LogP contribution in [0.15, 0.2) is 21.4 Å². The molecule has 1 saturated heterocycles. The van der Waals surface area contributed by atoms with Crippen LogP contribution in [0.5, 0.6) is 0 Å². The van der Waals surface area contributed by atoms with Crippen LogP contribution < -0.4 is 0 Å². The molecule has 0 aliphatic carbocycles. The number of fused-ring (bicyclic) bond motifs is 1. The Morgan fingerprint density at radius 1 is 1.50 bits per heavy atom. The Morgan fingerprint density at radius 3 is 2.96 bits per heavy atom. The molecule has 0 N–H and O–H groups in total. The summed E-state index contributed by atoms with van der Waals surface area (Å²) in [6, 6.07) is 3.69. The standard InChI is InChI=1S/C16H18ClIN2O3S/c1-16(2,3)23-15(21)20-7-6-9(8-20)24-13-10(17)4-5-11-12(13)22-14(18)19-11/h4-5,9H,6-8H2,1-3H3/t9-/m1/s1. The molecule has 2 aromatic rings. The fourth-order valence-electron chi connectivity index (χ4n) is 2.51. The van der Waals surface area contributed by atoms with Crippen LogP contribution in [0, 0.1) is 3.90 Å². The molecule has 2 heterocycles. The van der Waals surface area contributed by atoms with E-state index in [-0.39, 0.29) is 11.3 Å². The van der Waals surface area contributed by atoms with Crippen LogP contribution in [0.4, 0.5) is 4.79 Å². The molecule has 1 amide bonds. The number of oxazole rings is 1. The Kier molecular flexibility index (Phi) is 5.22. The summed E-state index contributed by atoms with van der Waals surface area (Å²) >= 11 is 10.1. The third-order valence-corrected chi connectivity index (χ3v) is 5.77. The van der Waals surface area contributed by atoms with Crippen LogP contribution in [0.25, 0.3) is 11.1 Å². The Hall–Kier alpha value is -0.670. The molecule has 8 heteroatoms. The van der Waals surface area contributed by atoms with Crippen LogP contribution in [0.3, 0.4) is 0 Å². The van der Waals surface area contributed by atoms with Gasteiger partial charge in [-0.3, -0.25) is 0 Å². The largest absolute Gasteiger partial charge is 0.444 e. The van der Waals surface area contributed by atoms with E-state index in [0.29, 0.717) is 27.6 Å². The highest BCUT2D eigenvalue weighted by Gasteiger charge is 2.31. The Labute approximate surface area is 163 Å². The zero-order valence-corrected chi connectivity index (χ0v) is 17.4. The number of aromatic nitrogens is 1. The molecule has 1 fully saturated rings. The summed E-state index contributed by atoms with van der Waals surface area (Å²) in [5, 5.41) is 0.902. The number of amides is 1. The topological polar surface area (TPSA) is 55.6 Å². The molecule has 1 aliphatic heterocycles. The van der Waals surface area contributed by atoms with Gasteiger partial charge in [0.1, 0.15) is 11.1 Å². The SMILES string of the molecule is CC(C)(C)OC(=O)N1CC[C@@H](Sc2c(Cl)ccc3nc(I)oc23)C1. The van der Waals surface area contributed by atoms with E-state index in [0.717, 1.165) is 16.8 Å². The smallest absolute Gasteiger partial charge is 0.410 e. The van der Waals surface area contributed by atoms with Crippen molar-refractivity contribution in [1.29, 1.82) is 0 Å². The van der Waals surface area contributed by atoms with Crippen molar-refractivity contribution in [1.82, 2.24) is 9.88 Å². The molecule has 1 aliphatic rings. The highest BCUT2D eigenvalue weighted by Crippen LogP contribution is 2.40. The summed E-state index contributed by atoms with van der Waals surface area (Å²) in [4.78, 5) is 19.2. The molecule has 0 saturated carbocycles. The van der Waals surface area contributed by atoms with E-state index in [1.807, 2.05) is 32.9 Å². The van der Waals surface area contributed by atoms with E-state index < -0.39 is 5.60 Å². The quantitative estimate of drug-likeness (QED) is 0.554. The van der Waals surface area contributed by atoms with Crippen molar-refractivity contribution in [2.75, 3.05) is 13.1 Å². The van der Waals surface area contributed by atoms with E-state index in [1.54, 1.807) is 16.7 Å². The second-order valence-corrected chi connectivity index (χ2v) is 9.29. The number of carbonyl (C=O) groups is 1. The van der Waals surface area contributed by atoms with Gasteiger partial charge in [0.15, 0.2) is 5.58 Å². The zero-order chi connectivity index (χ0) is 17.5. The normalized spacial score (nSPS) is 18.4. The molecule has 5 nitrogen and oxygen atoms in total. The van der Waals surface area contributed by atoms with Gasteiger partial charge in [-0.15, -0.1) is 11.8 Å². The van der Waals surface area contributed by atoms with Crippen molar-refractivity contribution in [3.05, 3.63) is 21.1 Å². The number of ether oxygens (including phenoxy) is 1. The lowest BCUT2D eigenvalue weighted by molar-refractivity contribution is 0.0295. The number of likely N-dealkylation sites (tertiary alicyclic amines) is 1. The van der Waals surface area contributed by atoms with Gasteiger partial charge in [0, 0.05) is 40.9 Å². The second kappa shape index (κ2) is 6.92. The number of hydrogen-bond donors (Lipinski definition) is 0. The molecule has 130 valence electrons. The first-order valence-electron chi connectivity index (χ1n) is 7.62. The molecule has 1 aromatic heterocycles. The summed E-state index contributed by atoms with van der Waals surface area (Å²) < 4.78 is 11.7. The van der Waals surface area contributed by atoms with E-state index in [1.165, 1.54) is 0 Å². The van der Waals surface area contributed by atoms with E-state index >= 15 is 0 Å². The molecule has 0 bridgehead atoms. The van der Waals surface area contributed by atoms with E-state index in [2.05, 4.69) is 27.6 Å². The van der Waals surface area contributed by atoms with Gasteiger partial charge in [-0.2, -0.15) is 0 Å². The van der Waals surface area contributed by atoms with Crippen LogP contribution >= 0.6 is 46.0 Å². The molecular weight excluding hydrogens is 463 g/mol. The highest BCUT2D eigenvalue weighted by molar-refractivity contribution is 14.1. The minimum Gasteiger partial charge on any atom is -0.444 e. The van der Waals surface area contributed by atoms with Gasteiger partial charge in [0.2, 0.25) is 0 Å². The van der Waals surface area contributed by atoms with Crippen molar-refractivity contribution in [2.45, 2.75) is 42.9 Å². The summed E-state index contributed by atoms with van der Waals surface area (Å²) in [5.41, 5.74) is 1.04.